The Morgan fingerprint density at radius 1 is 1.44 bits per heavy atom. The Labute approximate surface area is 114 Å². The molecule has 0 radical (unpaired) electrons. The molecule has 0 aromatic heterocycles. The molecule has 18 heavy (non-hydrogen) atoms. The molecular formula is C13H25NO3S. The van der Waals surface area contributed by atoms with E-state index in [4.69, 9.17) is 9.47 Å². The zero-order valence-electron chi connectivity index (χ0n) is 11.0. The van der Waals surface area contributed by atoms with Crippen LogP contribution in [0.2, 0.25) is 0 Å². The normalized spacial score (nSPS) is 29.8. The molecule has 0 amide bonds. The van der Waals surface area contributed by atoms with Crippen molar-refractivity contribution in [3.63, 3.8) is 0 Å². The number of nitrogens with one attached hydrogen (secondary N) is 1. The van der Waals surface area contributed by atoms with Crippen molar-refractivity contribution in [3.8, 4) is 0 Å². The van der Waals surface area contributed by atoms with Gasteiger partial charge in [0.25, 0.3) is 0 Å². The second-order valence-electron chi connectivity index (χ2n) is 5.21. The van der Waals surface area contributed by atoms with E-state index in [1.54, 1.807) is 0 Å². The molecule has 2 N–H and O–H groups in total. The first-order valence-electron chi connectivity index (χ1n) is 7.00. The highest BCUT2D eigenvalue weighted by Gasteiger charge is 2.17. The minimum atomic E-state index is -0.402. The molecule has 2 heterocycles. The van der Waals surface area contributed by atoms with E-state index in [0.29, 0.717) is 19.8 Å². The number of rotatable bonds is 8. The summed E-state index contributed by atoms with van der Waals surface area (Å²) in [6.45, 7) is 3.54. The molecule has 2 fully saturated rings. The number of hydrogen-bond acceptors (Lipinski definition) is 5. The molecule has 3 atom stereocenters. The fourth-order valence-electron chi connectivity index (χ4n) is 2.37. The molecular weight excluding hydrogens is 250 g/mol. The van der Waals surface area contributed by atoms with Gasteiger partial charge in [-0.3, -0.25) is 0 Å². The number of aliphatic hydroxyl groups is 1. The molecule has 0 bridgehead atoms. The van der Waals surface area contributed by atoms with Crippen LogP contribution in [-0.4, -0.2) is 61.7 Å². The smallest absolute Gasteiger partial charge is 0.0897 e. The van der Waals surface area contributed by atoms with Gasteiger partial charge in [0.05, 0.1) is 25.4 Å². The molecule has 0 saturated carbocycles. The van der Waals surface area contributed by atoms with Gasteiger partial charge in [-0.2, -0.15) is 11.8 Å². The summed E-state index contributed by atoms with van der Waals surface area (Å²) in [5, 5.41) is 13.1. The molecule has 106 valence electrons. The number of ether oxygens (including phenoxy) is 2. The Bertz CT molecular complexity index is 196. The van der Waals surface area contributed by atoms with Crippen LogP contribution in [0, 0.1) is 5.92 Å². The van der Waals surface area contributed by atoms with Crippen LogP contribution in [0.1, 0.15) is 19.3 Å². The van der Waals surface area contributed by atoms with Crippen LogP contribution >= 0.6 is 11.8 Å². The van der Waals surface area contributed by atoms with Crippen LogP contribution in [0.5, 0.6) is 0 Å². The summed E-state index contributed by atoms with van der Waals surface area (Å²) in [6.07, 6.45) is 3.38. The van der Waals surface area contributed by atoms with Crippen molar-refractivity contribution in [1.82, 2.24) is 5.32 Å². The predicted molar refractivity (Wildman–Crippen MR) is 74.1 cm³/mol. The molecule has 0 aliphatic carbocycles. The molecule has 5 heteroatoms. The maximum atomic E-state index is 9.76. The van der Waals surface area contributed by atoms with Gasteiger partial charge in [-0.05, 0) is 43.2 Å². The lowest BCUT2D eigenvalue weighted by Crippen LogP contribution is -2.34. The summed E-state index contributed by atoms with van der Waals surface area (Å²) >= 11 is 2.03. The largest absolute Gasteiger partial charge is 0.389 e. The lowest BCUT2D eigenvalue weighted by molar-refractivity contribution is -0.0165. The van der Waals surface area contributed by atoms with Crippen molar-refractivity contribution in [2.24, 2.45) is 5.92 Å². The molecule has 2 aliphatic heterocycles. The van der Waals surface area contributed by atoms with E-state index >= 15 is 0 Å². The molecule has 0 aromatic carbocycles. The van der Waals surface area contributed by atoms with E-state index in [-0.39, 0.29) is 6.10 Å². The summed E-state index contributed by atoms with van der Waals surface area (Å²) in [6, 6.07) is 0. The fourth-order valence-corrected chi connectivity index (χ4v) is 3.65. The van der Waals surface area contributed by atoms with Crippen LogP contribution in [0.4, 0.5) is 0 Å². The lowest BCUT2D eigenvalue weighted by atomic mass is 10.1. The van der Waals surface area contributed by atoms with Crippen molar-refractivity contribution < 1.29 is 14.6 Å². The average Bonchev–Trinajstić information content (AvgIpc) is 3.01. The average molecular weight is 275 g/mol. The Kier molecular flexibility index (Phi) is 6.79. The molecule has 4 nitrogen and oxygen atoms in total. The first-order chi connectivity index (χ1) is 8.84. The maximum absolute atomic E-state index is 9.76. The zero-order valence-corrected chi connectivity index (χ0v) is 11.8. The molecule has 0 aromatic rings. The first-order valence-corrected chi connectivity index (χ1v) is 8.16. The second kappa shape index (κ2) is 8.38. The van der Waals surface area contributed by atoms with E-state index in [9.17, 15) is 5.11 Å². The molecule has 2 saturated heterocycles. The highest BCUT2D eigenvalue weighted by molar-refractivity contribution is 7.99. The third-order valence-corrected chi connectivity index (χ3v) is 4.71. The summed E-state index contributed by atoms with van der Waals surface area (Å²) < 4.78 is 10.9. The van der Waals surface area contributed by atoms with Gasteiger partial charge < -0.3 is 19.9 Å². The fraction of sp³-hybridized carbons (Fsp3) is 1.00. The third-order valence-electron chi connectivity index (χ3n) is 3.47. The Morgan fingerprint density at radius 2 is 2.39 bits per heavy atom. The van der Waals surface area contributed by atoms with Crippen LogP contribution in [0.3, 0.4) is 0 Å². The third kappa shape index (κ3) is 5.45. The maximum Gasteiger partial charge on any atom is 0.0897 e. The Morgan fingerprint density at radius 3 is 3.11 bits per heavy atom. The minimum Gasteiger partial charge on any atom is -0.389 e. The van der Waals surface area contributed by atoms with Gasteiger partial charge in [0, 0.05) is 13.2 Å². The number of aliphatic hydroxyl groups excluding tert-OH is 1. The van der Waals surface area contributed by atoms with Crippen molar-refractivity contribution >= 4 is 11.8 Å². The van der Waals surface area contributed by atoms with Crippen molar-refractivity contribution in [2.45, 2.75) is 31.5 Å². The Balaban J connectivity index is 1.43. The van der Waals surface area contributed by atoms with Crippen molar-refractivity contribution in [1.29, 1.82) is 0 Å². The van der Waals surface area contributed by atoms with Gasteiger partial charge in [0.2, 0.25) is 0 Å². The van der Waals surface area contributed by atoms with E-state index < -0.39 is 6.10 Å². The van der Waals surface area contributed by atoms with Gasteiger partial charge in [-0.1, -0.05) is 0 Å². The van der Waals surface area contributed by atoms with Crippen molar-refractivity contribution in [2.75, 3.05) is 44.4 Å². The van der Waals surface area contributed by atoms with Crippen molar-refractivity contribution in [3.05, 3.63) is 0 Å². The molecule has 3 unspecified atom stereocenters. The van der Waals surface area contributed by atoms with Gasteiger partial charge >= 0.3 is 0 Å². The summed E-state index contributed by atoms with van der Waals surface area (Å²) in [5.41, 5.74) is 0. The standard InChI is InChI=1S/C13H25NO3S/c15-12(7-14-6-11-3-5-18-10-11)8-16-9-13-2-1-4-17-13/h11-15H,1-10H2. The summed E-state index contributed by atoms with van der Waals surface area (Å²) in [4.78, 5) is 0. The van der Waals surface area contributed by atoms with Gasteiger partial charge in [0.15, 0.2) is 0 Å². The predicted octanol–water partition coefficient (Wildman–Crippen LogP) is 0.886. The monoisotopic (exact) mass is 275 g/mol. The van der Waals surface area contributed by atoms with E-state index in [1.165, 1.54) is 17.9 Å². The van der Waals surface area contributed by atoms with Crippen LogP contribution in [0.25, 0.3) is 0 Å². The quantitative estimate of drug-likeness (QED) is 0.689. The topological polar surface area (TPSA) is 50.7 Å². The van der Waals surface area contributed by atoms with Gasteiger partial charge in [0.1, 0.15) is 0 Å². The lowest BCUT2D eigenvalue weighted by Gasteiger charge is -2.16. The van der Waals surface area contributed by atoms with Gasteiger partial charge in [-0.15, -0.1) is 0 Å². The second-order valence-corrected chi connectivity index (χ2v) is 6.36. The SMILES string of the molecule is OC(CNCC1CCSC1)COCC1CCCO1. The molecule has 0 spiro atoms. The van der Waals surface area contributed by atoms with E-state index in [2.05, 4.69) is 5.32 Å². The minimum absolute atomic E-state index is 0.251. The Hall–Kier alpha value is 0.190. The number of thioether (sulfide) groups is 1. The highest BCUT2D eigenvalue weighted by Crippen LogP contribution is 2.22. The van der Waals surface area contributed by atoms with Gasteiger partial charge in [-0.25, -0.2) is 0 Å². The first kappa shape index (κ1) is 14.6. The summed E-state index contributed by atoms with van der Waals surface area (Å²) in [7, 11) is 0. The van der Waals surface area contributed by atoms with E-state index in [0.717, 1.165) is 31.9 Å². The van der Waals surface area contributed by atoms with E-state index in [1.807, 2.05) is 11.8 Å². The molecule has 2 rings (SSSR count). The van der Waals surface area contributed by atoms with Crippen LogP contribution < -0.4 is 5.32 Å². The summed E-state index contributed by atoms with van der Waals surface area (Å²) in [5.74, 6) is 3.34. The highest BCUT2D eigenvalue weighted by atomic mass is 32.2. The van der Waals surface area contributed by atoms with Crippen LogP contribution in [-0.2, 0) is 9.47 Å². The van der Waals surface area contributed by atoms with Crippen LogP contribution in [0.15, 0.2) is 0 Å². The zero-order chi connectivity index (χ0) is 12.6. The molecule has 2 aliphatic rings. The number of hydrogen-bond donors (Lipinski definition) is 2.